The molecule has 0 bridgehead atoms. The van der Waals surface area contributed by atoms with Crippen LogP contribution in [-0.4, -0.2) is 26.0 Å². The van der Waals surface area contributed by atoms with Crippen molar-refractivity contribution in [3.63, 3.8) is 0 Å². The van der Waals surface area contributed by atoms with Gasteiger partial charge in [-0.25, -0.2) is 4.98 Å². The van der Waals surface area contributed by atoms with Gasteiger partial charge in [0.05, 0.1) is 5.69 Å². The highest BCUT2D eigenvalue weighted by Crippen LogP contribution is 2.24. The van der Waals surface area contributed by atoms with Crippen molar-refractivity contribution in [2.24, 2.45) is 0 Å². The zero-order chi connectivity index (χ0) is 17.6. The van der Waals surface area contributed by atoms with E-state index in [-0.39, 0.29) is 0 Å². The third kappa shape index (κ3) is 4.14. The fourth-order valence-corrected chi connectivity index (χ4v) is 3.21. The molecule has 1 aliphatic carbocycles. The molecule has 0 radical (unpaired) electrons. The minimum absolute atomic E-state index is 0.463. The van der Waals surface area contributed by atoms with Crippen molar-refractivity contribution >= 4 is 11.8 Å². The third-order valence-corrected chi connectivity index (χ3v) is 4.57. The van der Waals surface area contributed by atoms with E-state index in [9.17, 15) is 0 Å². The van der Waals surface area contributed by atoms with Crippen LogP contribution >= 0.6 is 0 Å². The van der Waals surface area contributed by atoms with E-state index >= 15 is 0 Å². The van der Waals surface area contributed by atoms with Gasteiger partial charge in [0.25, 0.3) is 0 Å². The first-order valence-corrected chi connectivity index (χ1v) is 9.05. The summed E-state index contributed by atoms with van der Waals surface area (Å²) < 4.78 is 0. The minimum Gasteiger partial charge on any atom is -0.366 e. The molecule has 6 nitrogen and oxygen atoms in total. The van der Waals surface area contributed by atoms with E-state index in [1.54, 1.807) is 12.4 Å². The fraction of sp³-hybridized carbons (Fsp3) is 0.300. The molecule has 0 amide bonds. The Labute approximate surface area is 153 Å². The van der Waals surface area contributed by atoms with Gasteiger partial charge in [0.15, 0.2) is 0 Å². The Kier molecular flexibility index (Phi) is 5.00. The van der Waals surface area contributed by atoms with Crippen LogP contribution in [0.3, 0.4) is 0 Å². The van der Waals surface area contributed by atoms with E-state index < -0.39 is 0 Å². The molecule has 1 fully saturated rings. The number of hydrogen-bond acceptors (Lipinski definition) is 6. The average molecular weight is 346 g/mol. The lowest BCUT2D eigenvalue weighted by molar-refractivity contribution is 0.744. The lowest BCUT2D eigenvalue weighted by Gasteiger charge is -2.15. The summed E-state index contributed by atoms with van der Waals surface area (Å²) >= 11 is 0. The Balaban J connectivity index is 1.58. The van der Waals surface area contributed by atoms with Crippen LogP contribution in [0.4, 0.5) is 11.8 Å². The summed E-state index contributed by atoms with van der Waals surface area (Å²) in [5.41, 5.74) is 2.95. The third-order valence-electron chi connectivity index (χ3n) is 4.57. The normalized spacial score (nSPS) is 14.3. The molecular weight excluding hydrogens is 324 g/mol. The first-order chi connectivity index (χ1) is 12.9. The lowest BCUT2D eigenvalue weighted by Crippen LogP contribution is -2.17. The van der Waals surface area contributed by atoms with Crippen LogP contribution < -0.4 is 10.6 Å². The summed E-state index contributed by atoms with van der Waals surface area (Å²) in [4.78, 5) is 17.7. The summed E-state index contributed by atoms with van der Waals surface area (Å²) in [6, 6.07) is 10.3. The van der Waals surface area contributed by atoms with Crippen LogP contribution in [0.5, 0.6) is 0 Å². The average Bonchev–Trinajstić information content (AvgIpc) is 3.21. The van der Waals surface area contributed by atoms with Crippen molar-refractivity contribution in [3.05, 3.63) is 60.7 Å². The van der Waals surface area contributed by atoms with Gasteiger partial charge in [-0.2, -0.15) is 4.98 Å². The Morgan fingerprint density at radius 3 is 2.50 bits per heavy atom. The van der Waals surface area contributed by atoms with E-state index in [4.69, 9.17) is 4.98 Å². The molecule has 3 heterocycles. The summed E-state index contributed by atoms with van der Waals surface area (Å²) in [7, 11) is 0. The van der Waals surface area contributed by atoms with Crippen LogP contribution in [0.1, 0.15) is 31.2 Å². The standard InChI is InChI=1S/C20H22N6/c1-2-8-17(7-1)24-20-25-18(16-6-4-10-22-14-16)11-19(26-20)23-13-15-5-3-9-21-12-15/h3-6,9-12,14,17H,1-2,7-8,13H2,(H2,23,24,25,26). The molecule has 4 rings (SSSR count). The predicted octanol–water partition coefficient (Wildman–Crippen LogP) is 3.90. The molecule has 0 aliphatic heterocycles. The number of pyridine rings is 2. The Morgan fingerprint density at radius 2 is 1.77 bits per heavy atom. The van der Waals surface area contributed by atoms with Gasteiger partial charge in [0.2, 0.25) is 5.95 Å². The number of aromatic nitrogens is 4. The number of nitrogens with zero attached hydrogens (tertiary/aromatic N) is 4. The highest BCUT2D eigenvalue weighted by Gasteiger charge is 2.16. The van der Waals surface area contributed by atoms with Crippen molar-refractivity contribution in [2.75, 3.05) is 10.6 Å². The first-order valence-electron chi connectivity index (χ1n) is 9.05. The highest BCUT2D eigenvalue weighted by molar-refractivity contribution is 5.63. The maximum absolute atomic E-state index is 4.71. The van der Waals surface area contributed by atoms with Crippen molar-refractivity contribution in [2.45, 2.75) is 38.3 Å². The Hall–Kier alpha value is -3.02. The summed E-state index contributed by atoms with van der Waals surface area (Å²) in [6.45, 7) is 0.667. The quantitative estimate of drug-likeness (QED) is 0.705. The molecule has 0 atom stereocenters. The van der Waals surface area contributed by atoms with E-state index in [0.29, 0.717) is 18.5 Å². The topological polar surface area (TPSA) is 75.6 Å². The molecule has 0 aromatic carbocycles. The molecule has 1 aliphatic rings. The van der Waals surface area contributed by atoms with E-state index in [1.165, 1.54) is 25.7 Å². The van der Waals surface area contributed by atoms with Crippen LogP contribution in [0.15, 0.2) is 55.1 Å². The molecular formula is C20H22N6. The van der Waals surface area contributed by atoms with Crippen LogP contribution in [0.25, 0.3) is 11.3 Å². The van der Waals surface area contributed by atoms with E-state index in [2.05, 4.69) is 25.6 Å². The second-order valence-electron chi connectivity index (χ2n) is 6.54. The highest BCUT2D eigenvalue weighted by atomic mass is 15.2. The Morgan fingerprint density at radius 1 is 0.962 bits per heavy atom. The second kappa shape index (κ2) is 7.91. The van der Waals surface area contributed by atoms with Gasteiger partial charge >= 0.3 is 0 Å². The molecule has 132 valence electrons. The Bertz CT molecular complexity index is 831. The van der Waals surface area contributed by atoms with Gasteiger partial charge in [-0.3, -0.25) is 9.97 Å². The SMILES string of the molecule is c1cncc(CNc2cc(-c3cccnc3)nc(NC3CCCC3)n2)c1. The van der Waals surface area contributed by atoms with Crippen molar-refractivity contribution in [1.82, 2.24) is 19.9 Å². The smallest absolute Gasteiger partial charge is 0.225 e. The number of nitrogens with one attached hydrogen (secondary N) is 2. The zero-order valence-corrected chi connectivity index (χ0v) is 14.6. The van der Waals surface area contributed by atoms with Crippen molar-refractivity contribution in [1.29, 1.82) is 0 Å². The van der Waals surface area contributed by atoms with Gasteiger partial charge in [-0.1, -0.05) is 18.9 Å². The maximum atomic E-state index is 4.71. The van der Waals surface area contributed by atoms with Gasteiger partial charge < -0.3 is 10.6 Å². The molecule has 0 unspecified atom stereocenters. The number of rotatable bonds is 6. The number of hydrogen-bond donors (Lipinski definition) is 2. The fourth-order valence-electron chi connectivity index (χ4n) is 3.21. The van der Waals surface area contributed by atoms with Crippen LogP contribution in [0, 0.1) is 0 Å². The summed E-state index contributed by atoms with van der Waals surface area (Å²) in [6.07, 6.45) is 12.1. The van der Waals surface area contributed by atoms with Crippen molar-refractivity contribution < 1.29 is 0 Å². The predicted molar refractivity (Wildman–Crippen MR) is 103 cm³/mol. The molecule has 1 saturated carbocycles. The summed E-state index contributed by atoms with van der Waals surface area (Å²) in [5, 5.41) is 6.88. The van der Waals surface area contributed by atoms with Gasteiger partial charge in [0.1, 0.15) is 5.82 Å². The largest absolute Gasteiger partial charge is 0.366 e. The van der Waals surface area contributed by atoms with Gasteiger partial charge in [-0.15, -0.1) is 0 Å². The maximum Gasteiger partial charge on any atom is 0.225 e. The van der Waals surface area contributed by atoms with Crippen molar-refractivity contribution in [3.8, 4) is 11.3 Å². The van der Waals surface area contributed by atoms with Crippen LogP contribution in [0.2, 0.25) is 0 Å². The molecule has 3 aromatic heterocycles. The monoisotopic (exact) mass is 346 g/mol. The summed E-state index contributed by atoms with van der Waals surface area (Å²) in [5.74, 6) is 1.47. The van der Waals surface area contributed by atoms with Gasteiger partial charge in [-0.05, 0) is 36.6 Å². The first kappa shape index (κ1) is 16.4. The molecule has 2 N–H and O–H groups in total. The molecule has 0 saturated heterocycles. The molecule has 26 heavy (non-hydrogen) atoms. The zero-order valence-electron chi connectivity index (χ0n) is 14.6. The van der Waals surface area contributed by atoms with Gasteiger partial charge in [0, 0.05) is 49.0 Å². The molecule has 0 spiro atoms. The molecule has 6 heteroatoms. The van der Waals surface area contributed by atoms with E-state index in [1.807, 2.05) is 42.7 Å². The molecule has 3 aromatic rings. The van der Waals surface area contributed by atoms with E-state index in [0.717, 1.165) is 22.6 Å². The van der Waals surface area contributed by atoms with Crippen LogP contribution in [-0.2, 0) is 6.54 Å². The minimum atomic E-state index is 0.463. The number of anilines is 2. The lowest BCUT2D eigenvalue weighted by atomic mass is 10.2. The second-order valence-corrected chi connectivity index (χ2v) is 6.54.